The third kappa shape index (κ3) is 3.29. The minimum Gasteiger partial charge on any atom is -0.491 e. The van der Waals surface area contributed by atoms with Crippen LogP contribution in [0, 0.1) is 6.92 Å². The van der Waals surface area contributed by atoms with Gasteiger partial charge in [-0.25, -0.2) is 0 Å². The average molecular weight is 395 g/mol. The number of carbonyl (C=O) groups is 1. The van der Waals surface area contributed by atoms with Gasteiger partial charge in [-0.1, -0.05) is 18.5 Å². The van der Waals surface area contributed by atoms with Crippen molar-refractivity contribution in [1.82, 2.24) is 4.98 Å². The number of hydrogen-bond donors (Lipinski definition) is 1. The molecule has 142 valence electrons. The van der Waals surface area contributed by atoms with Crippen LogP contribution in [-0.2, 0) is 0 Å². The Labute approximate surface area is 167 Å². The summed E-state index contributed by atoms with van der Waals surface area (Å²) < 4.78 is 11.5. The molecular weight excluding hydrogens is 376 g/mol. The summed E-state index contributed by atoms with van der Waals surface area (Å²) in [5.74, 6) is 0.642. The Bertz CT molecular complexity index is 1180. The van der Waals surface area contributed by atoms with Crippen LogP contribution in [-0.4, -0.2) is 17.5 Å². The number of carbonyl (C=O) groups excluding carboxylic acids is 1. The first-order chi connectivity index (χ1) is 13.6. The van der Waals surface area contributed by atoms with E-state index in [9.17, 15) is 4.79 Å². The number of rotatable bonds is 5. The zero-order valence-electron chi connectivity index (χ0n) is 15.6. The summed E-state index contributed by atoms with van der Waals surface area (Å²) in [6.07, 6.45) is 2.61. The first kappa shape index (κ1) is 18.3. The number of pyridine rings is 1. The lowest BCUT2D eigenvalue weighted by molar-refractivity contribution is 0.0998. The fourth-order valence-corrected chi connectivity index (χ4v) is 3.35. The van der Waals surface area contributed by atoms with Crippen molar-refractivity contribution >= 4 is 45.1 Å². The molecular formula is C22H19ClN2O3. The zero-order valence-corrected chi connectivity index (χ0v) is 16.3. The molecule has 0 aliphatic rings. The smallest absolute Gasteiger partial charge is 0.291 e. The third-order valence-electron chi connectivity index (χ3n) is 4.55. The number of furan rings is 1. The first-order valence-corrected chi connectivity index (χ1v) is 9.47. The van der Waals surface area contributed by atoms with Crippen molar-refractivity contribution in [2.45, 2.75) is 20.3 Å². The molecule has 5 nitrogen and oxygen atoms in total. The van der Waals surface area contributed by atoms with Crippen LogP contribution in [0.1, 0.15) is 29.5 Å². The van der Waals surface area contributed by atoms with Gasteiger partial charge in [0.25, 0.3) is 5.91 Å². The largest absolute Gasteiger partial charge is 0.491 e. The maximum absolute atomic E-state index is 12.9. The summed E-state index contributed by atoms with van der Waals surface area (Å²) in [6, 6.07) is 12.7. The van der Waals surface area contributed by atoms with Crippen LogP contribution in [0.25, 0.3) is 21.9 Å². The number of nitrogens with one attached hydrogen (secondary N) is 1. The molecule has 0 radical (unpaired) electrons. The molecule has 1 N–H and O–H groups in total. The number of ether oxygens (including phenoxy) is 1. The molecule has 0 fully saturated rings. The van der Waals surface area contributed by atoms with E-state index in [-0.39, 0.29) is 11.7 Å². The van der Waals surface area contributed by atoms with E-state index in [1.54, 1.807) is 24.4 Å². The number of hydrogen-bond acceptors (Lipinski definition) is 4. The summed E-state index contributed by atoms with van der Waals surface area (Å²) in [6.45, 7) is 4.50. The van der Waals surface area contributed by atoms with E-state index >= 15 is 0 Å². The molecule has 1 amide bonds. The topological polar surface area (TPSA) is 64.4 Å². The molecule has 2 aromatic carbocycles. The Morgan fingerprint density at radius 3 is 2.89 bits per heavy atom. The van der Waals surface area contributed by atoms with E-state index in [0.29, 0.717) is 34.2 Å². The molecule has 28 heavy (non-hydrogen) atoms. The van der Waals surface area contributed by atoms with Crippen LogP contribution in [0.3, 0.4) is 0 Å². The van der Waals surface area contributed by atoms with Crippen molar-refractivity contribution in [3.63, 3.8) is 0 Å². The van der Waals surface area contributed by atoms with Gasteiger partial charge in [-0.15, -0.1) is 0 Å². The number of anilines is 1. The Hall–Kier alpha value is -3.05. The molecule has 2 aromatic heterocycles. The van der Waals surface area contributed by atoms with Crippen LogP contribution in [0.15, 0.2) is 53.1 Å². The summed E-state index contributed by atoms with van der Waals surface area (Å²) in [5, 5.41) is 5.17. The minimum absolute atomic E-state index is 0.264. The number of aromatic nitrogens is 1. The Kier molecular flexibility index (Phi) is 4.92. The van der Waals surface area contributed by atoms with Gasteiger partial charge in [0.05, 0.1) is 12.3 Å². The van der Waals surface area contributed by atoms with E-state index in [2.05, 4.69) is 10.3 Å². The van der Waals surface area contributed by atoms with Crippen molar-refractivity contribution in [2.24, 2.45) is 0 Å². The van der Waals surface area contributed by atoms with Gasteiger partial charge in [0.1, 0.15) is 16.8 Å². The van der Waals surface area contributed by atoms with E-state index in [1.807, 2.05) is 38.1 Å². The normalized spacial score (nSPS) is 11.1. The second kappa shape index (κ2) is 7.52. The minimum atomic E-state index is -0.322. The van der Waals surface area contributed by atoms with Gasteiger partial charge in [0.2, 0.25) is 0 Å². The van der Waals surface area contributed by atoms with Crippen LogP contribution in [0.2, 0.25) is 5.02 Å². The zero-order chi connectivity index (χ0) is 19.7. The molecule has 4 rings (SSSR count). The Balaban J connectivity index is 1.70. The van der Waals surface area contributed by atoms with Gasteiger partial charge in [-0.05, 0) is 55.8 Å². The fourth-order valence-electron chi connectivity index (χ4n) is 3.17. The number of benzene rings is 2. The predicted octanol–water partition coefficient (Wildman–Crippen LogP) is 5.98. The summed E-state index contributed by atoms with van der Waals surface area (Å²) in [4.78, 5) is 17.3. The lowest BCUT2D eigenvalue weighted by Gasteiger charge is -2.12. The van der Waals surface area contributed by atoms with E-state index in [0.717, 1.165) is 22.8 Å². The van der Waals surface area contributed by atoms with Crippen molar-refractivity contribution < 1.29 is 13.9 Å². The number of nitrogens with zero attached hydrogens (tertiary/aromatic N) is 1. The molecule has 0 spiro atoms. The number of fused-ring (bicyclic) bond motifs is 2. The molecule has 4 aromatic rings. The quantitative estimate of drug-likeness (QED) is 0.452. The first-order valence-electron chi connectivity index (χ1n) is 9.09. The van der Waals surface area contributed by atoms with Crippen LogP contribution < -0.4 is 10.1 Å². The van der Waals surface area contributed by atoms with Gasteiger partial charge >= 0.3 is 0 Å². The standard InChI is InChI=1S/C22H19ClN2O3/c1-3-11-27-19-9-7-17(15-5-4-10-24-20(15)19)25-22(26)21-13(2)16-12-14(23)6-8-18(16)28-21/h4-10,12H,3,11H2,1-2H3,(H,25,26). The molecule has 6 heteroatoms. The van der Waals surface area contributed by atoms with Crippen molar-refractivity contribution in [1.29, 1.82) is 0 Å². The highest BCUT2D eigenvalue weighted by Gasteiger charge is 2.19. The summed E-state index contributed by atoms with van der Waals surface area (Å²) in [7, 11) is 0. The second-order valence-corrected chi connectivity index (χ2v) is 6.95. The number of halogens is 1. The van der Waals surface area contributed by atoms with Crippen molar-refractivity contribution in [3.05, 3.63) is 65.0 Å². The van der Waals surface area contributed by atoms with E-state index in [4.69, 9.17) is 20.8 Å². The molecule has 0 unspecified atom stereocenters. The predicted molar refractivity (Wildman–Crippen MR) is 111 cm³/mol. The molecule has 0 aliphatic heterocycles. The highest BCUT2D eigenvalue weighted by Crippen LogP contribution is 2.32. The lowest BCUT2D eigenvalue weighted by Crippen LogP contribution is -2.12. The van der Waals surface area contributed by atoms with Crippen LogP contribution >= 0.6 is 11.6 Å². The molecule has 0 atom stereocenters. The Morgan fingerprint density at radius 2 is 2.07 bits per heavy atom. The highest BCUT2D eigenvalue weighted by atomic mass is 35.5. The van der Waals surface area contributed by atoms with Crippen LogP contribution in [0.4, 0.5) is 5.69 Å². The number of amides is 1. The molecule has 0 aliphatic carbocycles. The Morgan fingerprint density at radius 1 is 1.21 bits per heavy atom. The second-order valence-electron chi connectivity index (χ2n) is 6.51. The van der Waals surface area contributed by atoms with Crippen molar-refractivity contribution in [2.75, 3.05) is 11.9 Å². The maximum Gasteiger partial charge on any atom is 0.291 e. The number of aryl methyl sites for hydroxylation is 1. The van der Waals surface area contributed by atoms with Gasteiger partial charge in [0, 0.05) is 27.6 Å². The molecule has 0 saturated carbocycles. The fraction of sp³-hybridized carbons (Fsp3) is 0.182. The molecule has 0 saturated heterocycles. The lowest BCUT2D eigenvalue weighted by atomic mass is 10.1. The SMILES string of the molecule is CCCOc1ccc(NC(=O)c2oc3ccc(Cl)cc3c2C)c2cccnc12. The van der Waals surface area contributed by atoms with E-state index < -0.39 is 0 Å². The third-order valence-corrected chi connectivity index (χ3v) is 4.78. The van der Waals surface area contributed by atoms with Gasteiger partial charge < -0.3 is 14.5 Å². The van der Waals surface area contributed by atoms with E-state index in [1.165, 1.54) is 0 Å². The monoisotopic (exact) mass is 394 g/mol. The highest BCUT2D eigenvalue weighted by molar-refractivity contribution is 6.31. The average Bonchev–Trinajstić information content (AvgIpc) is 3.03. The molecule has 0 bridgehead atoms. The van der Waals surface area contributed by atoms with Crippen molar-refractivity contribution in [3.8, 4) is 5.75 Å². The van der Waals surface area contributed by atoms with Gasteiger partial charge in [-0.3, -0.25) is 9.78 Å². The summed E-state index contributed by atoms with van der Waals surface area (Å²) in [5.41, 5.74) is 2.74. The van der Waals surface area contributed by atoms with Crippen LogP contribution in [0.5, 0.6) is 5.75 Å². The summed E-state index contributed by atoms with van der Waals surface area (Å²) >= 11 is 6.06. The van der Waals surface area contributed by atoms with Gasteiger partial charge in [0.15, 0.2) is 5.76 Å². The molecule has 2 heterocycles. The maximum atomic E-state index is 12.9. The van der Waals surface area contributed by atoms with Gasteiger partial charge in [-0.2, -0.15) is 0 Å².